The fraction of sp³-hybridized carbons (Fsp3) is 0.308. The topological polar surface area (TPSA) is 65.1 Å². The lowest BCUT2D eigenvalue weighted by molar-refractivity contribution is 0.0563. The lowest BCUT2D eigenvalue weighted by Gasteiger charge is -2.31. The molecule has 19 heavy (non-hydrogen) atoms. The molecule has 1 aromatic carbocycles. The number of hydrogen-bond acceptors (Lipinski definition) is 2. The molecule has 1 aliphatic carbocycles. The molecule has 6 heteroatoms. The molecule has 4 nitrogen and oxygen atoms in total. The lowest BCUT2D eigenvalue weighted by Crippen LogP contribution is -2.46. The molecule has 3 rings (SSSR count). The smallest absolute Gasteiger partial charge is 0.253 e. The van der Waals surface area contributed by atoms with E-state index in [0.29, 0.717) is 18.4 Å². The van der Waals surface area contributed by atoms with Crippen molar-refractivity contribution in [3.8, 4) is 0 Å². The van der Waals surface area contributed by atoms with Crippen LogP contribution in [-0.2, 0) is 0 Å². The van der Waals surface area contributed by atoms with E-state index in [1.54, 1.807) is 6.20 Å². The van der Waals surface area contributed by atoms with Crippen molar-refractivity contribution < 1.29 is 9.90 Å². The number of H-pyrrole nitrogens is 1. The fourth-order valence-electron chi connectivity index (χ4n) is 2.27. The molecule has 1 amide bonds. The van der Waals surface area contributed by atoms with E-state index < -0.39 is 0 Å². The van der Waals surface area contributed by atoms with E-state index in [1.165, 1.54) is 0 Å². The molecule has 1 aliphatic rings. The highest BCUT2D eigenvalue weighted by molar-refractivity contribution is 9.13. The van der Waals surface area contributed by atoms with Crippen LogP contribution in [0.4, 0.5) is 0 Å². The molecule has 1 fully saturated rings. The van der Waals surface area contributed by atoms with Gasteiger partial charge in [0, 0.05) is 32.1 Å². The summed E-state index contributed by atoms with van der Waals surface area (Å²) in [5.74, 6) is -0.0997. The maximum Gasteiger partial charge on any atom is 0.253 e. The summed E-state index contributed by atoms with van der Waals surface area (Å²) in [6.07, 6.45) is 2.74. The van der Waals surface area contributed by atoms with E-state index in [-0.39, 0.29) is 18.1 Å². The molecule has 3 N–H and O–H groups in total. The van der Waals surface area contributed by atoms with Gasteiger partial charge in [-0.05, 0) is 56.8 Å². The summed E-state index contributed by atoms with van der Waals surface area (Å²) in [6, 6.07) is 3.94. The van der Waals surface area contributed by atoms with E-state index in [1.807, 2.05) is 12.1 Å². The van der Waals surface area contributed by atoms with E-state index in [9.17, 15) is 9.90 Å². The average molecular weight is 388 g/mol. The summed E-state index contributed by atoms with van der Waals surface area (Å²) in [5.41, 5.74) is 1.54. The van der Waals surface area contributed by atoms with Gasteiger partial charge in [0.1, 0.15) is 0 Å². The SMILES string of the molecule is O=C(NC1CC(O)C1)c1c[nH]c2cc(Br)c(Br)cc12. The Balaban J connectivity index is 1.88. The third kappa shape index (κ3) is 2.44. The maximum atomic E-state index is 12.2. The summed E-state index contributed by atoms with van der Waals surface area (Å²) in [7, 11) is 0. The zero-order chi connectivity index (χ0) is 13.6. The number of fused-ring (bicyclic) bond motifs is 1. The molecular formula is C13H12Br2N2O2. The summed E-state index contributed by atoms with van der Waals surface area (Å²) in [6.45, 7) is 0. The Morgan fingerprint density at radius 2 is 2.00 bits per heavy atom. The number of nitrogens with one attached hydrogen (secondary N) is 2. The highest BCUT2D eigenvalue weighted by Gasteiger charge is 2.29. The minimum atomic E-state index is -0.265. The van der Waals surface area contributed by atoms with Crippen molar-refractivity contribution in [2.45, 2.75) is 25.0 Å². The van der Waals surface area contributed by atoms with Gasteiger partial charge in [-0.2, -0.15) is 0 Å². The Morgan fingerprint density at radius 1 is 1.32 bits per heavy atom. The van der Waals surface area contributed by atoms with E-state index in [0.717, 1.165) is 19.8 Å². The predicted molar refractivity (Wildman–Crippen MR) is 80.2 cm³/mol. The number of aliphatic hydroxyl groups is 1. The second kappa shape index (κ2) is 4.92. The normalized spacial score (nSPS) is 22.3. The molecule has 0 spiro atoms. The van der Waals surface area contributed by atoms with Gasteiger partial charge in [0.2, 0.25) is 0 Å². The Morgan fingerprint density at radius 3 is 2.68 bits per heavy atom. The monoisotopic (exact) mass is 386 g/mol. The summed E-state index contributed by atoms with van der Waals surface area (Å²) >= 11 is 6.88. The van der Waals surface area contributed by atoms with Crippen LogP contribution in [0.25, 0.3) is 10.9 Å². The maximum absolute atomic E-state index is 12.2. The number of carbonyl (C=O) groups excluding carboxylic acids is 1. The van der Waals surface area contributed by atoms with Gasteiger partial charge in [-0.15, -0.1) is 0 Å². The number of aliphatic hydroxyl groups excluding tert-OH is 1. The number of hydrogen-bond donors (Lipinski definition) is 3. The molecule has 1 heterocycles. The van der Waals surface area contributed by atoms with Crippen LogP contribution < -0.4 is 5.32 Å². The number of rotatable bonds is 2. The summed E-state index contributed by atoms with van der Waals surface area (Å²) < 4.78 is 1.85. The van der Waals surface area contributed by atoms with Crippen LogP contribution in [0.1, 0.15) is 23.2 Å². The van der Waals surface area contributed by atoms with Gasteiger partial charge in [-0.3, -0.25) is 4.79 Å². The first-order chi connectivity index (χ1) is 9.04. The Kier molecular flexibility index (Phi) is 3.41. The number of benzene rings is 1. The van der Waals surface area contributed by atoms with Gasteiger partial charge in [0.15, 0.2) is 0 Å². The first-order valence-electron chi connectivity index (χ1n) is 5.99. The number of aromatic nitrogens is 1. The minimum absolute atomic E-state index is 0.0892. The van der Waals surface area contributed by atoms with Crippen molar-refractivity contribution in [3.05, 3.63) is 32.8 Å². The van der Waals surface area contributed by atoms with Crippen molar-refractivity contribution in [3.63, 3.8) is 0 Å². The molecular weight excluding hydrogens is 376 g/mol. The zero-order valence-electron chi connectivity index (χ0n) is 9.91. The van der Waals surface area contributed by atoms with Crippen LogP contribution in [0.15, 0.2) is 27.3 Å². The van der Waals surface area contributed by atoms with Crippen LogP contribution in [-0.4, -0.2) is 28.1 Å². The third-order valence-corrected chi connectivity index (χ3v) is 5.26. The second-order valence-electron chi connectivity index (χ2n) is 4.81. The van der Waals surface area contributed by atoms with Crippen LogP contribution in [0.3, 0.4) is 0 Å². The molecule has 0 unspecified atom stereocenters. The number of carbonyl (C=O) groups is 1. The highest BCUT2D eigenvalue weighted by Crippen LogP contribution is 2.30. The van der Waals surface area contributed by atoms with Gasteiger partial charge >= 0.3 is 0 Å². The van der Waals surface area contributed by atoms with Gasteiger partial charge in [0.25, 0.3) is 5.91 Å². The molecule has 1 saturated carbocycles. The van der Waals surface area contributed by atoms with Crippen LogP contribution in [0.5, 0.6) is 0 Å². The quantitative estimate of drug-likeness (QED) is 0.741. The lowest BCUT2D eigenvalue weighted by atomic mass is 9.89. The summed E-state index contributed by atoms with van der Waals surface area (Å²) in [5, 5.41) is 13.0. The molecule has 2 aromatic rings. The standard InChI is InChI=1S/C13H12Br2N2O2/c14-10-3-8-9(5-16-12(8)4-11(10)15)13(19)17-6-1-7(18)2-6/h3-7,16,18H,1-2H2,(H,17,19). The summed E-state index contributed by atoms with van der Waals surface area (Å²) in [4.78, 5) is 15.3. The number of amides is 1. The third-order valence-electron chi connectivity index (χ3n) is 3.42. The van der Waals surface area contributed by atoms with Crippen molar-refractivity contribution in [1.29, 1.82) is 0 Å². The second-order valence-corrected chi connectivity index (χ2v) is 6.52. The first kappa shape index (κ1) is 13.1. The minimum Gasteiger partial charge on any atom is -0.393 e. The highest BCUT2D eigenvalue weighted by atomic mass is 79.9. The average Bonchev–Trinajstić information content (AvgIpc) is 2.70. The van der Waals surface area contributed by atoms with Gasteiger partial charge in [0.05, 0.1) is 11.7 Å². The Hall–Kier alpha value is -0.850. The van der Waals surface area contributed by atoms with Crippen molar-refractivity contribution in [2.24, 2.45) is 0 Å². The van der Waals surface area contributed by atoms with E-state index >= 15 is 0 Å². The zero-order valence-corrected chi connectivity index (χ0v) is 13.1. The fourth-order valence-corrected chi connectivity index (χ4v) is 2.96. The molecule has 1 aromatic heterocycles. The largest absolute Gasteiger partial charge is 0.393 e. The van der Waals surface area contributed by atoms with Crippen molar-refractivity contribution in [2.75, 3.05) is 0 Å². The molecule has 0 atom stereocenters. The Labute approximate surface area is 126 Å². The van der Waals surface area contributed by atoms with E-state index in [2.05, 4.69) is 42.2 Å². The van der Waals surface area contributed by atoms with Gasteiger partial charge in [-0.25, -0.2) is 0 Å². The Bertz CT molecular complexity index is 647. The first-order valence-corrected chi connectivity index (χ1v) is 7.58. The molecule has 0 bridgehead atoms. The van der Waals surface area contributed by atoms with Crippen LogP contribution in [0.2, 0.25) is 0 Å². The van der Waals surface area contributed by atoms with Gasteiger partial charge < -0.3 is 15.4 Å². The predicted octanol–water partition coefficient (Wildman–Crippen LogP) is 2.95. The van der Waals surface area contributed by atoms with Gasteiger partial charge in [-0.1, -0.05) is 0 Å². The molecule has 0 saturated heterocycles. The number of aromatic amines is 1. The van der Waals surface area contributed by atoms with Crippen LogP contribution >= 0.6 is 31.9 Å². The van der Waals surface area contributed by atoms with Crippen molar-refractivity contribution in [1.82, 2.24) is 10.3 Å². The molecule has 100 valence electrons. The molecule has 0 radical (unpaired) electrons. The molecule has 0 aliphatic heterocycles. The van der Waals surface area contributed by atoms with E-state index in [4.69, 9.17) is 0 Å². The number of halogens is 2. The van der Waals surface area contributed by atoms with Crippen LogP contribution in [0, 0.1) is 0 Å². The van der Waals surface area contributed by atoms with Crippen molar-refractivity contribution >= 4 is 48.7 Å².